The quantitative estimate of drug-likeness (QED) is 0.114. The number of halogens is 3. The number of nitrogen functional groups attached to an aromatic ring is 1. The zero-order valence-electron chi connectivity index (χ0n) is 21.1. The number of nitrogens with one attached hydrogen (secondary N) is 3. The molecule has 4 aromatic rings. The van der Waals surface area contributed by atoms with Crippen molar-refractivity contribution in [3.8, 4) is 5.75 Å². The van der Waals surface area contributed by atoms with Gasteiger partial charge in [0.2, 0.25) is 0 Å². The van der Waals surface area contributed by atoms with Gasteiger partial charge in [-0.2, -0.15) is 18.6 Å². The zero-order valence-corrected chi connectivity index (χ0v) is 22.1. The number of rotatable bonds is 6. The summed E-state index contributed by atoms with van der Waals surface area (Å²) in [6.45, 7) is 4.03. The van der Waals surface area contributed by atoms with Crippen molar-refractivity contribution >= 4 is 53.8 Å². The standard InChI is InChI=1S/C20H17F3N4O.C8H11N.H2S.2H2/c1-25-26-12-13-2-8-17-14(10-13)3-9-19(18(17)11-24)27-15-4-6-16(7-5-15)28-20(21,22)23;1-6-4-3-5-7(2)8(6)9;;;/h2-12,24-25,27H,1H3;3-5H,9H2,1-2H3;1H2;2*1H/b24-11?,26-12+;;;;. The summed E-state index contributed by atoms with van der Waals surface area (Å²) in [5.41, 5.74) is 14.4. The number of benzene rings is 4. The average Bonchev–Trinajstić information content (AvgIpc) is 2.86. The number of nitrogens with zero attached hydrogens (tertiary/aromatic N) is 1. The summed E-state index contributed by atoms with van der Waals surface area (Å²) < 4.78 is 40.6. The number of fused-ring (bicyclic) bond motifs is 1. The van der Waals surface area contributed by atoms with Gasteiger partial charge in [-0.1, -0.05) is 36.4 Å². The van der Waals surface area contributed by atoms with E-state index in [9.17, 15) is 13.2 Å². The lowest BCUT2D eigenvalue weighted by Gasteiger charge is -2.13. The highest BCUT2D eigenvalue weighted by Gasteiger charge is 2.30. The van der Waals surface area contributed by atoms with Crippen molar-refractivity contribution in [3.05, 3.63) is 95.1 Å². The van der Waals surface area contributed by atoms with Crippen LogP contribution in [0.5, 0.6) is 5.75 Å². The molecule has 4 rings (SSSR count). The molecule has 0 saturated heterocycles. The van der Waals surface area contributed by atoms with Gasteiger partial charge in [0.15, 0.2) is 0 Å². The molecule has 0 aliphatic heterocycles. The van der Waals surface area contributed by atoms with Crippen molar-refractivity contribution in [1.82, 2.24) is 5.43 Å². The third-order valence-electron chi connectivity index (χ3n) is 5.48. The Morgan fingerprint density at radius 2 is 1.63 bits per heavy atom. The Kier molecular flexibility index (Phi) is 10.6. The lowest BCUT2D eigenvalue weighted by atomic mass is 10.0. The van der Waals surface area contributed by atoms with Crippen LogP contribution in [-0.2, 0) is 0 Å². The number of hydrazone groups is 1. The van der Waals surface area contributed by atoms with Crippen LogP contribution >= 0.6 is 13.5 Å². The second kappa shape index (κ2) is 13.4. The smallest absolute Gasteiger partial charge is 0.406 e. The highest BCUT2D eigenvalue weighted by Crippen LogP contribution is 2.30. The molecule has 0 fully saturated rings. The molecule has 0 atom stereocenters. The normalized spacial score (nSPS) is 10.8. The predicted molar refractivity (Wildman–Crippen MR) is 160 cm³/mol. The first-order valence-corrected chi connectivity index (χ1v) is 11.3. The number of aryl methyl sites for hydroxylation is 2. The van der Waals surface area contributed by atoms with Crippen molar-refractivity contribution in [2.45, 2.75) is 20.2 Å². The maximum Gasteiger partial charge on any atom is 0.573 e. The number of para-hydroxylation sites is 1. The molecule has 38 heavy (non-hydrogen) atoms. The third kappa shape index (κ3) is 8.17. The number of hydrogen-bond acceptors (Lipinski definition) is 6. The van der Waals surface area contributed by atoms with Gasteiger partial charge in [-0.15, -0.1) is 13.2 Å². The predicted octanol–water partition coefficient (Wildman–Crippen LogP) is 7.52. The first kappa shape index (κ1) is 30.0. The molecule has 10 heteroatoms. The van der Waals surface area contributed by atoms with E-state index in [1.807, 2.05) is 62.4 Å². The molecule has 0 amide bonds. The van der Waals surface area contributed by atoms with Gasteiger partial charge in [-0.05, 0) is 77.7 Å². The first-order valence-electron chi connectivity index (χ1n) is 11.3. The molecule has 0 aliphatic carbocycles. The van der Waals surface area contributed by atoms with E-state index in [0.717, 1.165) is 33.2 Å². The van der Waals surface area contributed by atoms with Gasteiger partial charge < -0.3 is 26.6 Å². The number of hydrogen-bond donors (Lipinski definition) is 4. The zero-order chi connectivity index (χ0) is 27.0. The van der Waals surface area contributed by atoms with Crippen LogP contribution in [0.15, 0.2) is 77.9 Å². The number of anilines is 3. The monoisotopic (exact) mass is 545 g/mol. The topological polar surface area (TPSA) is 95.5 Å². The second-order valence-electron chi connectivity index (χ2n) is 8.14. The lowest BCUT2D eigenvalue weighted by molar-refractivity contribution is -0.274. The van der Waals surface area contributed by atoms with Gasteiger partial charge in [0.25, 0.3) is 0 Å². The molecule has 0 radical (unpaired) electrons. The van der Waals surface area contributed by atoms with E-state index in [4.69, 9.17) is 11.1 Å². The Morgan fingerprint density at radius 1 is 0.974 bits per heavy atom. The summed E-state index contributed by atoms with van der Waals surface area (Å²) in [6.07, 6.45) is -1.79. The fraction of sp³-hybridized carbons (Fsp3) is 0.143. The van der Waals surface area contributed by atoms with Gasteiger partial charge >= 0.3 is 6.36 Å². The van der Waals surface area contributed by atoms with E-state index in [-0.39, 0.29) is 22.1 Å². The molecule has 4 aromatic carbocycles. The van der Waals surface area contributed by atoms with E-state index < -0.39 is 6.36 Å². The minimum Gasteiger partial charge on any atom is -0.406 e. The minimum absolute atomic E-state index is 0. The number of ether oxygens (including phenoxy) is 1. The van der Waals surface area contributed by atoms with Gasteiger partial charge in [0, 0.05) is 38.7 Å². The van der Waals surface area contributed by atoms with E-state index in [1.165, 1.54) is 30.5 Å². The van der Waals surface area contributed by atoms with E-state index in [2.05, 4.69) is 20.6 Å². The molecule has 0 aliphatic rings. The molecule has 0 unspecified atom stereocenters. The number of nitrogens with two attached hydrogens (primary N) is 1. The van der Waals surface area contributed by atoms with Crippen molar-refractivity contribution in [1.29, 1.82) is 5.41 Å². The minimum atomic E-state index is -4.72. The van der Waals surface area contributed by atoms with Gasteiger partial charge in [0.05, 0.1) is 6.21 Å². The number of alkyl halides is 3. The van der Waals surface area contributed by atoms with Gasteiger partial charge in [0.1, 0.15) is 5.75 Å². The van der Waals surface area contributed by atoms with Crippen LogP contribution < -0.4 is 21.2 Å². The second-order valence-corrected chi connectivity index (χ2v) is 8.14. The Bertz CT molecular complexity index is 1400. The molecule has 0 saturated carbocycles. The molecule has 6 nitrogen and oxygen atoms in total. The summed E-state index contributed by atoms with van der Waals surface area (Å²) in [6, 6.07) is 20.9. The van der Waals surface area contributed by atoms with Crippen LogP contribution in [0, 0.1) is 19.3 Å². The largest absolute Gasteiger partial charge is 0.573 e. The Hall–Kier alpha value is -4.18. The van der Waals surface area contributed by atoms with E-state index in [1.54, 1.807) is 13.3 Å². The lowest BCUT2D eigenvalue weighted by Crippen LogP contribution is -2.16. The molecule has 0 heterocycles. The highest BCUT2D eigenvalue weighted by molar-refractivity contribution is 7.59. The Balaban J connectivity index is 0.00000109. The maximum atomic E-state index is 12.3. The molecule has 0 spiro atoms. The fourth-order valence-electron chi connectivity index (χ4n) is 3.58. The Morgan fingerprint density at radius 3 is 2.18 bits per heavy atom. The van der Waals surface area contributed by atoms with Crippen LogP contribution in [0.2, 0.25) is 0 Å². The van der Waals surface area contributed by atoms with Crippen LogP contribution in [0.3, 0.4) is 0 Å². The van der Waals surface area contributed by atoms with Gasteiger partial charge in [-0.25, -0.2) is 0 Å². The van der Waals surface area contributed by atoms with Crippen LogP contribution in [0.25, 0.3) is 10.8 Å². The van der Waals surface area contributed by atoms with Crippen molar-refractivity contribution in [2.24, 2.45) is 5.10 Å². The molecular formula is C28H34F3N5OS. The average molecular weight is 546 g/mol. The molecule has 0 bridgehead atoms. The molecule has 204 valence electrons. The van der Waals surface area contributed by atoms with E-state index in [0.29, 0.717) is 16.9 Å². The van der Waals surface area contributed by atoms with Crippen LogP contribution in [-0.4, -0.2) is 25.8 Å². The van der Waals surface area contributed by atoms with Crippen molar-refractivity contribution < 1.29 is 20.8 Å². The third-order valence-corrected chi connectivity index (χ3v) is 5.48. The summed E-state index contributed by atoms with van der Waals surface area (Å²) in [5.74, 6) is -0.292. The van der Waals surface area contributed by atoms with Crippen LogP contribution in [0.4, 0.5) is 30.2 Å². The Labute approximate surface area is 229 Å². The first-order chi connectivity index (χ1) is 17.6. The van der Waals surface area contributed by atoms with Crippen molar-refractivity contribution in [2.75, 3.05) is 18.1 Å². The van der Waals surface area contributed by atoms with Gasteiger partial charge in [-0.3, -0.25) is 0 Å². The fourth-order valence-corrected chi connectivity index (χ4v) is 3.58. The molecular weight excluding hydrogens is 511 g/mol. The summed E-state index contributed by atoms with van der Waals surface area (Å²) in [7, 11) is 1.71. The SMILES string of the molecule is CN/N=C/c1ccc2c(C=N)c(Nc3ccc(OC(F)(F)F)cc3)ccc2c1.Cc1cccc(C)c1N.S.[HH].[HH]. The van der Waals surface area contributed by atoms with E-state index >= 15 is 0 Å². The summed E-state index contributed by atoms with van der Waals surface area (Å²) in [4.78, 5) is 0. The maximum absolute atomic E-state index is 12.3. The van der Waals surface area contributed by atoms with Crippen LogP contribution in [0.1, 0.15) is 25.1 Å². The molecule has 5 N–H and O–H groups in total. The highest BCUT2D eigenvalue weighted by atomic mass is 32.1. The summed E-state index contributed by atoms with van der Waals surface area (Å²) in [5, 5.41) is 16.7. The summed E-state index contributed by atoms with van der Waals surface area (Å²) >= 11 is 0. The van der Waals surface area contributed by atoms with Crippen molar-refractivity contribution in [3.63, 3.8) is 0 Å². The molecule has 0 aromatic heterocycles.